The molecule has 3 aromatic rings. The van der Waals surface area contributed by atoms with E-state index >= 15 is 0 Å². The molecule has 1 N–H and O–H groups in total. The summed E-state index contributed by atoms with van der Waals surface area (Å²) in [6.45, 7) is 6.85. The molecule has 4 rings (SSSR count). The van der Waals surface area contributed by atoms with Gasteiger partial charge in [0.15, 0.2) is 0 Å². The maximum absolute atomic E-state index is 11.1. The van der Waals surface area contributed by atoms with E-state index < -0.39 is 5.60 Å². The van der Waals surface area contributed by atoms with Gasteiger partial charge in [0.2, 0.25) is 0 Å². The van der Waals surface area contributed by atoms with Crippen LogP contribution >= 0.6 is 0 Å². The maximum atomic E-state index is 11.1. The lowest BCUT2D eigenvalue weighted by molar-refractivity contribution is -0.0339. The Morgan fingerprint density at radius 1 is 0.903 bits per heavy atom. The molecule has 3 heteroatoms. The third-order valence-corrected chi connectivity index (χ3v) is 6.57. The largest absolute Gasteiger partial charge is 0.489 e. The fourth-order valence-electron chi connectivity index (χ4n) is 4.58. The van der Waals surface area contributed by atoms with Crippen LogP contribution in [0.2, 0.25) is 0 Å². The minimum absolute atomic E-state index is 0.441. The van der Waals surface area contributed by atoms with Crippen molar-refractivity contribution in [2.75, 3.05) is 13.1 Å². The number of benzene rings is 3. The topological polar surface area (TPSA) is 32.7 Å². The normalized spacial score (nSPS) is 17.3. The predicted molar refractivity (Wildman–Crippen MR) is 126 cm³/mol. The molecule has 0 amide bonds. The molecule has 31 heavy (non-hydrogen) atoms. The first-order valence-electron chi connectivity index (χ1n) is 11.3. The first kappa shape index (κ1) is 21.6. The molecule has 1 saturated heterocycles. The summed E-state index contributed by atoms with van der Waals surface area (Å²) in [5, 5.41) is 11.1. The third kappa shape index (κ3) is 5.36. The van der Waals surface area contributed by atoms with Crippen LogP contribution < -0.4 is 4.74 Å². The van der Waals surface area contributed by atoms with Gasteiger partial charge in [-0.05, 0) is 61.4 Å². The van der Waals surface area contributed by atoms with E-state index in [2.05, 4.69) is 49.1 Å². The highest BCUT2D eigenvalue weighted by molar-refractivity contribution is 5.37. The summed E-state index contributed by atoms with van der Waals surface area (Å²) in [7, 11) is 0. The van der Waals surface area contributed by atoms with Gasteiger partial charge in [0.05, 0.1) is 5.60 Å². The number of aryl methyl sites for hydroxylation is 1. The molecule has 162 valence electrons. The van der Waals surface area contributed by atoms with Crippen LogP contribution in [0.25, 0.3) is 0 Å². The summed E-state index contributed by atoms with van der Waals surface area (Å²) in [5.74, 6) is 0.950. The zero-order valence-corrected chi connectivity index (χ0v) is 18.6. The molecule has 1 heterocycles. The molecule has 1 aliphatic heterocycles. The molecule has 0 radical (unpaired) electrons. The Labute approximate surface area is 186 Å². The van der Waals surface area contributed by atoms with Gasteiger partial charge in [-0.25, -0.2) is 0 Å². The van der Waals surface area contributed by atoms with Gasteiger partial charge in [-0.1, -0.05) is 72.8 Å². The van der Waals surface area contributed by atoms with Gasteiger partial charge in [0.1, 0.15) is 12.4 Å². The summed E-state index contributed by atoms with van der Waals surface area (Å²) in [4.78, 5) is 2.51. The molecule has 0 bridgehead atoms. The lowest BCUT2D eigenvalue weighted by atomic mass is 9.84. The van der Waals surface area contributed by atoms with E-state index in [1.807, 2.05) is 48.5 Å². The van der Waals surface area contributed by atoms with E-state index in [0.29, 0.717) is 12.6 Å². The Morgan fingerprint density at radius 3 is 2.19 bits per heavy atom. The molecule has 1 aliphatic rings. The van der Waals surface area contributed by atoms with E-state index in [-0.39, 0.29) is 0 Å². The van der Waals surface area contributed by atoms with E-state index in [1.54, 1.807) is 0 Å². The van der Waals surface area contributed by atoms with Crippen LogP contribution in [0.3, 0.4) is 0 Å². The highest BCUT2D eigenvalue weighted by Gasteiger charge is 2.35. The average molecular weight is 416 g/mol. The second-order valence-corrected chi connectivity index (χ2v) is 8.86. The van der Waals surface area contributed by atoms with Crippen LogP contribution in [0.1, 0.15) is 42.0 Å². The minimum Gasteiger partial charge on any atom is -0.489 e. The summed E-state index contributed by atoms with van der Waals surface area (Å²) in [5.41, 5.74) is 4.05. The zero-order chi connectivity index (χ0) is 21.7. The molecular weight excluding hydrogens is 382 g/mol. The number of aliphatic hydroxyl groups is 1. The van der Waals surface area contributed by atoms with Crippen LogP contribution in [0.5, 0.6) is 5.75 Å². The number of ether oxygens (including phenoxy) is 1. The lowest BCUT2D eigenvalue weighted by Gasteiger charge is -2.41. The van der Waals surface area contributed by atoms with Crippen molar-refractivity contribution < 1.29 is 9.84 Å². The Morgan fingerprint density at radius 2 is 1.55 bits per heavy atom. The Hall–Kier alpha value is -2.62. The SMILES string of the molecule is Cc1cc(CC(C)N2CCC(O)(c3ccccc3)CC2)ccc1OCc1ccccc1. The maximum Gasteiger partial charge on any atom is 0.122 e. The molecule has 1 atom stereocenters. The predicted octanol–water partition coefficient (Wildman–Crippen LogP) is 5.49. The Bertz CT molecular complexity index is 963. The number of hydrogen-bond acceptors (Lipinski definition) is 3. The van der Waals surface area contributed by atoms with Crippen LogP contribution in [-0.2, 0) is 18.6 Å². The van der Waals surface area contributed by atoms with Crippen molar-refractivity contribution >= 4 is 0 Å². The molecule has 1 fully saturated rings. The summed E-state index contributed by atoms with van der Waals surface area (Å²) < 4.78 is 6.03. The van der Waals surface area contributed by atoms with Crippen molar-refractivity contribution in [1.82, 2.24) is 4.90 Å². The number of piperidine rings is 1. The van der Waals surface area contributed by atoms with E-state index in [9.17, 15) is 5.11 Å². The van der Waals surface area contributed by atoms with Crippen LogP contribution in [0.4, 0.5) is 0 Å². The monoisotopic (exact) mass is 415 g/mol. The van der Waals surface area contributed by atoms with E-state index in [1.165, 1.54) is 16.7 Å². The summed E-state index contributed by atoms with van der Waals surface area (Å²) >= 11 is 0. The van der Waals surface area contributed by atoms with Gasteiger partial charge < -0.3 is 14.7 Å². The van der Waals surface area contributed by atoms with Gasteiger partial charge in [-0.3, -0.25) is 0 Å². The number of rotatable bonds is 7. The van der Waals surface area contributed by atoms with Gasteiger partial charge in [0.25, 0.3) is 0 Å². The van der Waals surface area contributed by atoms with E-state index in [4.69, 9.17) is 4.74 Å². The molecular formula is C28H33NO2. The Balaban J connectivity index is 1.31. The highest BCUT2D eigenvalue weighted by atomic mass is 16.5. The average Bonchev–Trinajstić information content (AvgIpc) is 2.80. The Kier molecular flexibility index (Phi) is 6.74. The van der Waals surface area contributed by atoms with Crippen molar-refractivity contribution in [3.8, 4) is 5.75 Å². The van der Waals surface area contributed by atoms with Crippen LogP contribution in [0, 0.1) is 6.92 Å². The van der Waals surface area contributed by atoms with Gasteiger partial charge >= 0.3 is 0 Å². The number of hydrogen-bond donors (Lipinski definition) is 1. The zero-order valence-electron chi connectivity index (χ0n) is 18.6. The first-order chi connectivity index (χ1) is 15.0. The summed E-state index contributed by atoms with van der Waals surface area (Å²) in [6, 6.07) is 27.4. The molecule has 0 aliphatic carbocycles. The fraction of sp³-hybridized carbons (Fsp3) is 0.357. The standard InChI is InChI=1S/C28H33NO2/c1-22-19-25(13-14-27(22)31-21-24-9-5-3-6-10-24)20-23(2)29-17-15-28(30,16-18-29)26-11-7-4-8-12-26/h3-14,19,23,30H,15-18,20-21H2,1-2H3. The fourth-order valence-corrected chi connectivity index (χ4v) is 4.58. The van der Waals surface area contributed by atoms with Crippen molar-refractivity contribution in [3.05, 3.63) is 101 Å². The third-order valence-electron chi connectivity index (χ3n) is 6.57. The van der Waals surface area contributed by atoms with Gasteiger partial charge in [-0.2, -0.15) is 0 Å². The quantitative estimate of drug-likeness (QED) is 0.554. The molecule has 0 spiro atoms. The smallest absolute Gasteiger partial charge is 0.122 e. The minimum atomic E-state index is -0.689. The molecule has 3 nitrogen and oxygen atoms in total. The lowest BCUT2D eigenvalue weighted by Crippen LogP contribution is -2.46. The van der Waals surface area contributed by atoms with Crippen molar-refractivity contribution in [1.29, 1.82) is 0 Å². The van der Waals surface area contributed by atoms with Crippen molar-refractivity contribution in [2.45, 2.75) is 51.4 Å². The van der Waals surface area contributed by atoms with Crippen molar-refractivity contribution in [2.24, 2.45) is 0 Å². The van der Waals surface area contributed by atoms with Gasteiger partial charge in [-0.15, -0.1) is 0 Å². The van der Waals surface area contributed by atoms with Crippen LogP contribution in [-0.4, -0.2) is 29.1 Å². The van der Waals surface area contributed by atoms with E-state index in [0.717, 1.165) is 43.7 Å². The molecule has 0 aromatic heterocycles. The number of nitrogens with zero attached hydrogens (tertiary/aromatic N) is 1. The van der Waals surface area contributed by atoms with Crippen LogP contribution in [0.15, 0.2) is 78.9 Å². The second-order valence-electron chi connectivity index (χ2n) is 8.86. The number of likely N-dealkylation sites (tertiary alicyclic amines) is 1. The molecule has 0 saturated carbocycles. The molecule has 1 unspecified atom stereocenters. The molecule has 3 aromatic carbocycles. The highest BCUT2D eigenvalue weighted by Crippen LogP contribution is 2.33. The van der Waals surface area contributed by atoms with Crippen molar-refractivity contribution in [3.63, 3.8) is 0 Å². The first-order valence-corrected chi connectivity index (χ1v) is 11.3. The summed E-state index contributed by atoms with van der Waals surface area (Å²) in [6.07, 6.45) is 2.57. The second kappa shape index (κ2) is 9.67. The van der Waals surface area contributed by atoms with Gasteiger partial charge in [0, 0.05) is 19.1 Å².